The van der Waals surface area contributed by atoms with Crippen LogP contribution in [0.1, 0.15) is 20.8 Å². The number of ketones is 1. The smallest absolute Gasteiger partial charge is 0.229 e. The van der Waals surface area contributed by atoms with Crippen LogP contribution in [0, 0.1) is 11.5 Å². The Morgan fingerprint density at radius 2 is 1.64 bits per heavy atom. The molecule has 0 N–H and O–H groups in total. The summed E-state index contributed by atoms with van der Waals surface area (Å²) in [5, 5.41) is 0. The molecule has 0 amide bonds. The van der Waals surface area contributed by atoms with Crippen molar-refractivity contribution in [3.8, 4) is 11.5 Å². The van der Waals surface area contributed by atoms with Gasteiger partial charge in [0.15, 0.2) is 0 Å². The highest BCUT2D eigenvalue weighted by atomic mass is 79.9. The van der Waals surface area contributed by atoms with E-state index in [9.17, 15) is 4.79 Å². The minimum Gasteiger partial charge on any atom is -0.283 e. The molecule has 0 aromatic heterocycles. The van der Waals surface area contributed by atoms with Gasteiger partial charge in [-0.3, -0.25) is 4.79 Å². The molecule has 0 fully saturated rings. The van der Waals surface area contributed by atoms with Gasteiger partial charge in [-0.15, -0.1) is 5.54 Å². The molecule has 0 bridgehead atoms. The van der Waals surface area contributed by atoms with E-state index in [-0.39, 0.29) is 9.52 Å². The third kappa shape index (κ3) is 4.29. The lowest BCUT2D eigenvalue weighted by molar-refractivity contribution is -0.111. The number of Topliss-reactive ketones (excluding diaryl/α,β-unsaturated/α-hetero) is 1. The minimum absolute atomic E-state index is 0.0720. The fraction of sp³-hybridized carbons (Fsp3) is 0.700. The molecular weight excluding hydrogens is 324 g/mol. The molecule has 14 heavy (non-hydrogen) atoms. The maximum Gasteiger partial charge on any atom is 0.229 e. The van der Waals surface area contributed by atoms with Crippen molar-refractivity contribution < 1.29 is 4.79 Å². The average Bonchev–Trinajstić information content (AvgIpc) is 2.20. The van der Waals surface area contributed by atoms with Crippen LogP contribution in [-0.2, 0) is 4.79 Å². The summed E-state index contributed by atoms with van der Waals surface area (Å²) in [6.45, 7) is 6.54. The van der Waals surface area contributed by atoms with Gasteiger partial charge in [0.1, 0.15) is 11.8 Å². The first-order valence-electron chi connectivity index (χ1n) is 4.86. The van der Waals surface area contributed by atoms with Crippen molar-refractivity contribution in [3.63, 3.8) is 0 Å². The minimum atomic E-state index is -1.45. The Labute approximate surface area is 104 Å². The van der Waals surface area contributed by atoms with Crippen LogP contribution in [0.3, 0.4) is 0 Å². The number of hydrogen-bond acceptors (Lipinski definition) is 1. The molecule has 0 rings (SSSR count). The Morgan fingerprint density at radius 1 is 1.21 bits per heavy atom. The van der Waals surface area contributed by atoms with Crippen molar-refractivity contribution in [1.29, 1.82) is 0 Å². The molecule has 0 aromatic carbocycles. The number of rotatable bonds is 4. The molecule has 0 aliphatic rings. The second-order valence-corrected chi connectivity index (χ2v) is 11.2. The Kier molecular flexibility index (Phi) is 7.01. The van der Waals surface area contributed by atoms with Gasteiger partial charge in [-0.05, 0) is 24.1 Å². The Hall–Kier alpha value is 0.407. The summed E-state index contributed by atoms with van der Waals surface area (Å²) in [6.07, 6.45) is 0. The third-order valence-corrected chi connectivity index (χ3v) is 8.23. The summed E-state index contributed by atoms with van der Waals surface area (Å²) in [5.41, 5.74) is 3.24. The van der Waals surface area contributed by atoms with Crippen LogP contribution in [-0.4, -0.2) is 17.6 Å². The van der Waals surface area contributed by atoms with E-state index in [1.165, 1.54) is 0 Å². The first-order chi connectivity index (χ1) is 6.51. The molecule has 0 aliphatic carbocycles. The fourth-order valence-corrected chi connectivity index (χ4v) is 3.91. The Bertz CT molecular complexity index is 240. The van der Waals surface area contributed by atoms with E-state index >= 15 is 0 Å². The van der Waals surface area contributed by atoms with E-state index in [1.807, 2.05) is 0 Å². The summed E-state index contributed by atoms with van der Waals surface area (Å²) in [6, 6.07) is 3.40. The summed E-state index contributed by atoms with van der Waals surface area (Å²) >= 11 is 6.31. The van der Waals surface area contributed by atoms with Crippen LogP contribution in [0.25, 0.3) is 0 Å². The molecule has 4 heteroatoms. The lowest BCUT2D eigenvalue weighted by Gasteiger charge is -2.19. The molecule has 0 saturated carbocycles. The largest absolute Gasteiger partial charge is 0.283 e. The van der Waals surface area contributed by atoms with E-state index in [0.29, 0.717) is 0 Å². The molecular formula is C10H16Br2OSi. The van der Waals surface area contributed by atoms with Crippen molar-refractivity contribution in [3.05, 3.63) is 0 Å². The number of carbonyl (C=O) groups excluding carboxylic acids is 1. The van der Waals surface area contributed by atoms with E-state index in [1.54, 1.807) is 0 Å². The third-order valence-electron chi connectivity index (χ3n) is 2.68. The highest BCUT2D eigenvalue weighted by molar-refractivity contribution is 9.25. The van der Waals surface area contributed by atoms with Gasteiger partial charge in [-0.2, -0.15) is 0 Å². The molecule has 1 nitrogen and oxygen atoms in total. The van der Waals surface area contributed by atoms with Gasteiger partial charge in [-0.1, -0.05) is 52.6 Å². The average molecular weight is 340 g/mol. The normalized spacial score (nSPS) is 11.0. The highest BCUT2D eigenvalue weighted by Crippen LogP contribution is 2.19. The summed E-state index contributed by atoms with van der Waals surface area (Å²) in [7, 11) is -1.45. The van der Waals surface area contributed by atoms with Crippen molar-refractivity contribution in [2.45, 2.75) is 42.6 Å². The van der Waals surface area contributed by atoms with Crippen molar-refractivity contribution >= 4 is 45.7 Å². The van der Waals surface area contributed by atoms with Gasteiger partial charge in [-0.25, -0.2) is 0 Å². The summed E-state index contributed by atoms with van der Waals surface area (Å²) < 4.78 is -0.320. The molecule has 80 valence electrons. The van der Waals surface area contributed by atoms with Gasteiger partial charge >= 0.3 is 0 Å². The number of hydrogen-bond donors (Lipinski definition) is 0. The SMILES string of the molecule is CC[Si](C#CC(=O)C(Br)Br)(CC)CC. The van der Waals surface area contributed by atoms with E-state index in [4.69, 9.17) is 0 Å². The monoisotopic (exact) mass is 338 g/mol. The van der Waals surface area contributed by atoms with Gasteiger partial charge in [0.25, 0.3) is 0 Å². The van der Waals surface area contributed by atoms with Gasteiger partial charge in [0, 0.05) is 0 Å². The number of alkyl halides is 2. The van der Waals surface area contributed by atoms with Crippen LogP contribution >= 0.6 is 31.9 Å². The van der Waals surface area contributed by atoms with Gasteiger partial charge < -0.3 is 0 Å². The number of carbonyl (C=O) groups is 1. The van der Waals surface area contributed by atoms with Gasteiger partial charge in [0.2, 0.25) is 5.78 Å². The van der Waals surface area contributed by atoms with Crippen LogP contribution in [0.5, 0.6) is 0 Å². The molecule has 0 unspecified atom stereocenters. The lowest BCUT2D eigenvalue weighted by Crippen LogP contribution is -2.29. The maximum absolute atomic E-state index is 11.3. The topological polar surface area (TPSA) is 17.1 Å². The van der Waals surface area contributed by atoms with Crippen molar-refractivity contribution in [1.82, 2.24) is 0 Å². The second kappa shape index (κ2) is 6.81. The number of halogens is 2. The first kappa shape index (κ1) is 14.4. The van der Waals surface area contributed by atoms with E-state index in [2.05, 4.69) is 64.1 Å². The standard InChI is InChI=1S/C10H16Br2OSi/c1-4-14(5-2,6-3)8-7-9(13)10(11)12/h10H,4-6H2,1-3H3. The second-order valence-electron chi connectivity index (χ2n) is 3.26. The molecule has 0 heterocycles. The Balaban J connectivity index is 4.66. The predicted molar refractivity (Wildman–Crippen MR) is 71.6 cm³/mol. The molecule has 0 radical (unpaired) electrons. The molecule has 0 saturated heterocycles. The highest BCUT2D eigenvalue weighted by Gasteiger charge is 2.24. The molecule has 0 spiro atoms. The molecule has 0 aromatic rings. The van der Waals surface area contributed by atoms with Crippen LogP contribution in [0.2, 0.25) is 18.1 Å². The lowest BCUT2D eigenvalue weighted by atomic mass is 10.5. The van der Waals surface area contributed by atoms with Crippen LogP contribution in [0.15, 0.2) is 0 Å². The van der Waals surface area contributed by atoms with Crippen molar-refractivity contribution in [2.75, 3.05) is 0 Å². The fourth-order valence-electron chi connectivity index (χ4n) is 1.26. The zero-order valence-corrected chi connectivity index (χ0v) is 13.0. The first-order valence-corrected chi connectivity index (χ1v) is 9.31. The summed E-state index contributed by atoms with van der Waals surface area (Å²) in [5.74, 6) is 2.68. The van der Waals surface area contributed by atoms with Crippen molar-refractivity contribution in [2.24, 2.45) is 0 Å². The Morgan fingerprint density at radius 3 is 1.93 bits per heavy atom. The maximum atomic E-state index is 11.3. The molecule has 0 atom stereocenters. The van der Waals surface area contributed by atoms with E-state index in [0.717, 1.165) is 18.1 Å². The quantitative estimate of drug-likeness (QED) is 0.433. The van der Waals surface area contributed by atoms with Crippen LogP contribution in [0.4, 0.5) is 0 Å². The van der Waals surface area contributed by atoms with E-state index < -0.39 is 8.07 Å². The summed E-state index contributed by atoms with van der Waals surface area (Å²) in [4.78, 5) is 11.3. The zero-order valence-electron chi connectivity index (χ0n) is 8.86. The van der Waals surface area contributed by atoms with Crippen LogP contribution < -0.4 is 0 Å². The predicted octanol–water partition coefficient (Wildman–Crippen LogP) is 3.72. The van der Waals surface area contributed by atoms with Gasteiger partial charge in [0.05, 0.1) is 0 Å². The molecule has 0 aliphatic heterocycles. The zero-order chi connectivity index (χ0) is 11.2.